The van der Waals surface area contributed by atoms with Gasteiger partial charge in [-0.3, -0.25) is 0 Å². The van der Waals surface area contributed by atoms with Gasteiger partial charge >= 0.3 is 0 Å². The minimum atomic E-state index is 0.442. The molecule has 20 heavy (non-hydrogen) atoms. The third-order valence-corrected chi connectivity index (χ3v) is 3.19. The lowest BCUT2D eigenvalue weighted by Gasteiger charge is -2.07. The van der Waals surface area contributed by atoms with Crippen molar-refractivity contribution in [3.63, 3.8) is 0 Å². The van der Waals surface area contributed by atoms with E-state index in [1.165, 1.54) is 5.39 Å². The number of fused-ring (bicyclic) bond motifs is 1. The smallest absolute Gasteiger partial charge is 0.146 e. The first kappa shape index (κ1) is 12.8. The summed E-state index contributed by atoms with van der Waals surface area (Å²) >= 11 is 0. The van der Waals surface area contributed by atoms with E-state index in [1.54, 1.807) is 0 Å². The summed E-state index contributed by atoms with van der Waals surface area (Å²) in [5.41, 5.74) is 0. The van der Waals surface area contributed by atoms with Gasteiger partial charge in [0, 0.05) is 5.39 Å². The van der Waals surface area contributed by atoms with Crippen LogP contribution in [0, 0.1) is 0 Å². The first-order chi connectivity index (χ1) is 9.86. The number of benzene rings is 2. The Morgan fingerprint density at radius 1 is 0.950 bits per heavy atom. The number of nitrogens with one attached hydrogen (secondary N) is 1. The van der Waals surface area contributed by atoms with Crippen molar-refractivity contribution in [2.75, 3.05) is 7.05 Å². The molecule has 1 N–H and O–H groups in total. The summed E-state index contributed by atoms with van der Waals surface area (Å²) in [4.78, 5) is 0. The van der Waals surface area contributed by atoms with Crippen molar-refractivity contribution in [2.45, 2.75) is 13.2 Å². The summed E-state index contributed by atoms with van der Waals surface area (Å²) < 4.78 is 11.6. The minimum Gasteiger partial charge on any atom is -0.485 e. The molecule has 3 rings (SSSR count). The quantitative estimate of drug-likeness (QED) is 0.765. The van der Waals surface area contributed by atoms with Crippen LogP contribution in [0.4, 0.5) is 0 Å². The van der Waals surface area contributed by atoms with Gasteiger partial charge in [0.1, 0.15) is 23.9 Å². The van der Waals surface area contributed by atoms with E-state index in [-0.39, 0.29) is 0 Å². The van der Waals surface area contributed by atoms with Crippen molar-refractivity contribution in [3.8, 4) is 5.75 Å². The normalized spacial score (nSPS) is 10.8. The standard InChI is InChI=1S/C17H17NO2/c1-18-11-14-9-10-15(20-14)12-19-17-8-4-6-13-5-2-3-7-16(13)17/h2-10,18H,11-12H2,1H3. The van der Waals surface area contributed by atoms with Crippen LogP contribution in [0.25, 0.3) is 10.8 Å². The topological polar surface area (TPSA) is 34.4 Å². The zero-order valence-corrected chi connectivity index (χ0v) is 11.4. The van der Waals surface area contributed by atoms with Crippen molar-refractivity contribution in [1.82, 2.24) is 5.32 Å². The second kappa shape index (κ2) is 5.80. The molecule has 0 amide bonds. The lowest BCUT2D eigenvalue weighted by atomic mass is 10.1. The van der Waals surface area contributed by atoms with Crippen LogP contribution in [0.5, 0.6) is 5.75 Å². The summed E-state index contributed by atoms with van der Waals surface area (Å²) in [6.45, 7) is 1.17. The molecule has 0 atom stereocenters. The summed E-state index contributed by atoms with van der Waals surface area (Å²) in [6.07, 6.45) is 0. The Hall–Kier alpha value is -2.26. The summed E-state index contributed by atoms with van der Waals surface area (Å²) in [7, 11) is 1.90. The van der Waals surface area contributed by atoms with Crippen LogP contribution in [0.2, 0.25) is 0 Å². The van der Waals surface area contributed by atoms with Gasteiger partial charge in [-0.25, -0.2) is 0 Å². The second-order valence-corrected chi connectivity index (χ2v) is 4.66. The highest BCUT2D eigenvalue weighted by molar-refractivity contribution is 5.88. The SMILES string of the molecule is CNCc1ccc(COc2cccc3ccccc23)o1. The molecule has 0 fully saturated rings. The van der Waals surface area contributed by atoms with Gasteiger partial charge in [0.2, 0.25) is 0 Å². The Bertz CT molecular complexity index is 698. The highest BCUT2D eigenvalue weighted by atomic mass is 16.5. The number of ether oxygens (including phenoxy) is 1. The average Bonchev–Trinajstić information content (AvgIpc) is 2.93. The monoisotopic (exact) mass is 267 g/mol. The molecule has 1 aromatic heterocycles. The van der Waals surface area contributed by atoms with E-state index >= 15 is 0 Å². The molecule has 102 valence electrons. The molecule has 3 aromatic rings. The zero-order valence-electron chi connectivity index (χ0n) is 11.4. The van der Waals surface area contributed by atoms with E-state index in [9.17, 15) is 0 Å². The van der Waals surface area contributed by atoms with Gasteiger partial charge in [0.05, 0.1) is 6.54 Å². The number of furan rings is 1. The molecule has 0 spiro atoms. The molecule has 2 aromatic carbocycles. The molecule has 0 saturated carbocycles. The van der Waals surface area contributed by atoms with Crippen molar-refractivity contribution in [1.29, 1.82) is 0 Å². The van der Waals surface area contributed by atoms with Crippen LogP contribution in [-0.4, -0.2) is 7.05 Å². The summed E-state index contributed by atoms with van der Waals surface area (Å²) in [5, 5.41) is 5.36. The minimum absolute atomic E-state index is 0.442. The van der Waals surface area contributed by atoms with Gasteiger partial charge in [-0.15, -0.1) is 0 Å². The van der Waals surface area contributed by atoms with E-state index in [0.717, 1.165) is 29.2 Å². The molecule has 0 bridgehead atoms. The number of hydrogen-bond acceptors (Lipinski definition) is 3. The van der Waals surface area contributed by atoms with E-state index in [0.29, 0.717) is 6.61 Å². The first-order valence-electron chi connectivity index (χ1n) is 6.69. The average molecular weight is 267 g/mol. The van der Waals surface area contributed by atoms with Gasteiger partial charge in [-0.2, -0.15) is 0 Å². The highest BCUT2D eigenvalue weighted by Gasteiger charge is 2.05. The summed E-state index contributed by atoms with van der Waals surface area (Å²) in [5.74, 6) is 2.64. The van der Waals surface area contributed by atoms with Gasteiger partial charge in [-0.1, -0.05) is 36.4 Å². The predicted octanol–water partition coefficient (Wildman–Crippen LogP) is 3.73. The highest BCUT2D eigenvalue weighted by Crippen LogP contribution is 2.26. The molecule has 0 radical (unpaired) electrons. The Labute approximate surface area is 118 Å². The Morgan fingerprint density at radius 2 is 1.75 bits per heavy atom. The van der Waals surface area contributed by atoms with Gasteiger partial charge < -0.3 is 14.5 Å². The van der Waals surface area contributed by atoms with Gasteiger partial charge in [-0.05, 0) is 30.6 Å². The van der Waals surface area contributed by atoms with Crippen molar-refractivity contribution in [2.24, 2.45) is 0 Å². The van der Waals surface area contributed by atoms with E-state index in [2.05, 4.69) is 23.5 Å². The molecule has 0 aliphatic rings. The van der Waals surface area contributed by atoms with Crippen LogP contribution >= 0.6 is 0 Å². The molecule has 0 aliphatic heterocycles. The van der Waals surface area contributed by atoms with Crippen LogP contribution in [0.15, 0.2) is 59.0 Å². The molecule has 3 nitrogen and oxygen atoms in total. The third-order valence-electron chi connectivity index (χ3n) is 3.19. The summed E-state index contributed by atoms with van der Waals surface area (Å²) in [6, 6.07) is 18.2. The molecular weight excluding hydrogens is 250 g/mol. The predicted molar refractivity (Wildman–Crippen MR) is 79.8 cm³/mol. The molecular formula is C17H17NO2. The Kier molecular flexibility index (Phi) is 3.70. The number of hydrogen-bond donors (Lipinski definition) is 1. The van der Waals surface area contributed by atoms with E-state index in [4.69, 9.17) is 9.15 Å². The zero-order chi connectivity index (χ0) is 13.8. The maximum absolute atomic E-state index is 5.88. The lowest BCUT2D eigenvalue weighted by Crippen LogP contribution is -2.03. The fourth-order valence-corrected chi connectivity index (χ4v) is 2.24. The van der Waals surface area contributed by atoms with Gasteiger partial charge in [0.15, 0.2) is 0 Å². The molecule has 0 saturated heterocycles. The van der Waals surface area contributed by atoms with E-state index < -0.39 is 0 Å². The van der Waals surface area contributed by atoms with Crippen LogP contribution in [0.3, 0.4) is 0 Å². The van der Waals surface area contributed by atoms with Crippen LogP contribution < -0.4 is 10.1 Å². The van der Waals surface area contributed by atoms with Crippen LogP contribution in [-0.2, 0) is 13.2 Å². The fraction of sp³-hybridized carbons (Fsp3) is 0.176. The van der Waals surface area contributed by atoms with Crippen LogP contribution in [0.1, 0.15) is 11.5 Å². The molecule has 3 heteroatoms. The van der Waals surface area contributed by atoms with Crippen molar-refractivity contribution >= 4 is 10.8 Å². The second-order valence-electron chi connectivity index (χ2n) is 4.66. The third kappa shape index (κ3) is 2.68. The molecule has 0 unspecified atom stereocenters. The fourth-order valence-electron chi connectivity index (χ4n) is 2.24. The first-order valence-corrected chi connectivity index (χ1v) is 6.69. The largest absolute Gasteiger partial charge is 0.485 e. The Morgan fingerprint density at radius 3 is 2.65 bits per heavy atom. The lowest BCUT2D eigenvalue weighted by molar-refractivity contribution is 0.268. The maximum atomic E-state index is 5.88. The van der Waals surface area contributed by atoms with Crippen molar-refractivity contribution < 1.29 is 9.15 Å². The molecule has 1 heterocycles. The molecule has 0 aliphatic carbocycles. The van der Waals surface area contributed by atoms with Crippen molar-refractivity contribution in [3.05, 3.63) is 66.1 Å². The van der Waals surface area contributed by atoms with Gasteiger partial charge in [0.25, 0.3) is 0 Å². The van der Waals surface area contributed by atoms with E-state index in [1.807, 2.05) is 43.4 Å². The number of rotatable bonds is 5. The Balaban J connectivity index is 1.76. The maximum Gasteiger partial charge on any atom is 0.146 e.